The summed E-state index contributed by atoms with van der Waals surface area (Å²) < 4.78 is 12.7. The molecule has 2 unspecified atom stereocenters. The van der Waals surface area contributed by atoms with E-state index in [1.54, 1.807) is 11.6 Å². The van der Waals surface area contributed by atoms with E-state index in [9.17, 15) is 4.79 Å². The van der Waals surface area contributed by atoms with E-state index in [1.165, 1.54) is 0 Å². The van der Waals surface area contributed by atoms with Gasteiger partial charge in [-0.1, -0.05) is 42.5 Å². The van der Waals surface area contributed by atoms with E-state index in [0.717, 1.165) is 47.8 Å². The third kappa shape index (κ3) is 2.92. The van der Waals surface area contributed by atoms with Crippen LogP contribution < -0.4 is 15.2 Å². The third-order valence-corrected chi connectivity index (χ3v) is 6.45. The molecule has 162 valence electrons. The molecule has 3 saturated heterocycles. The Morgan fingerprint density at radius 1 is 1.03 bits per heavy atom. The van der Waals surface area contributed by atoms with Gasteiger partial charge in [-0.05, 0) is 24.6 Å². The number of morpholine rings is 1. The van der Waals surface area contributed by atoms with E-state index in [0.29, 0.717) is 16.9 Å². The Kier molecular flexibility index (Phi) is 4.33. The number of rotatable bonds is 4. The Morgan fingerprint density at radius 2 is 1.72 bits per heavy atom. The van der Waals surface area contributed by atoms with E-state index in [-0.39, 0.29) is 17.8 Å². The predicted octanol–water partition coefficient (Wildman–Crippen LogP) is 3.65. The van der Waals surface area contributed by atoms with Gasteiger partial charge in [0.15, 0.2) is 5.65 Å². The quantitative estimate of drug-likeness (QED) is 0.537. The van der Waals surface area contributed by atoms with Crippen LogP contribution >= 0.6 is 0 Å². The highest BCUT2D eigenvalue weighted by Gasteiger charge is 2.40. The minimum atomic E-state index is -0.112. The number of aryl methyl sites for hydroxylation is 1. The fraction of sp³-hybridized carbons (Fsp3) is 0.280. The summed E-state index contributed by atoms with van der Waals surface area (Å²) in [6.45, 7) is 3.51. The first kappa shape index (κ1) is 19.1. The molecule has 5 heterocycles. The number of piperidine rings is 1. The van der Waals surface area contributed by atoms with Gasteiger partial charge in [-0.2, -0.15) is 4.52 Å². The molecule has 32 heavy (non-hydrogen) atoms. The highest BCUT2D eigenvalue weighted by atomic mass is 16.5. The molecule has 7 nitrogen and oxygen atoms in total. The minimum absolute atomic E-state index is 0.112. The average Bonchev–Trinajstić information content (AvgIpc) is 3.19. The van der Waals surface area contributed by atoms with E-state index in [1.807, 2.05) is 49.4 Å². The summed E-state index contributed by atoms with van der Waals surface area (Å²) in [5.41, 5.74) is 5.56. The fourth-order valence-corrected chi connectivity index (χ4v) is 4.90. The summed E-state index contributed by atoms with van der Waals surface area (Å²) in [4.78, 5) is 20.9. The van der Waals surface area contributed by atoms with Crippen LogP contribution in [-0.4, -0.2) is 47.0 Å². The van der Waals surface area contributed by atoms with Crippen molar-refractivity contribution in [3.05, 3.63) is 70.6 Å². The fourth-order valence-electron chi connectivity index (χ4n) is 4.90. The van der Waals surface area contributed by atoms with Crippen molar-refractivity contribution in [2.45, 2.75) is 25.6 Å². The zero-order valence-electron chi connectivity index (χ0n) is 18.0. The van der Waals surface area contributed by atoms with Crippen LogP contribution in [0.2, 0.25) is 0 Å². The van der Waals surface area contributed by atoms with Crippen molar-refractivity contribution in [3.63, 3.8) is 0 Å². The lowest BCUT2D eigenvalue weighted by Crippen LogP contribution is -2.57. The molecule has 0 aliphatic carbocycles. The number of H-pyrrole nitrogens is 1. The van der Waals surface area contributed by atoms with Crippen molar-refractivity contribution in [2.75, 3.05) is 25.1 Å². The lowest BCUT2D eigenvalue weighted by molar-refractivity contribution is -0.133. The van der Waals surface area contributed by atoms with E-state index >= 15 is 0 Å². The largest absolute Gasteiger partial charge is 0.497 e. The second-order valence-electron chi connectivity index (χ2n) is 8.49. The molecule has 4 aromatic rings. The van der Waals surface area contributed by atoms with Gasteiger partial charge in [0.25, 0.3) is 5.56 Å². The Morgan fingerprint density at radius 3 is 2.38 bits per heavy atom. The van der Waals surface area contributed by atoms with Crippen molar-refractivity contribution in [1.82, 2.24) is 14.6 Å². The van der Waals surface area contributed by atoms with Crippen molar-refractivity contribution in [1.29, 1.82) is 0 Å². The van der Waals surface area contributed by atoms with Gasteiger partial charge in [-0.3, -0.25) is 9.89 Å². The van der Waals surface area contributed by atoms with Crippen LogP contribution in [0.3, 0.4) is 0 Å². The number of hydrogen-bond donors (Lipinski definition) is 1. The zero-order valence-corrected chi connectivity index (χ0v) is 18.0. The van der Waals surface area contributed by atoms with Crippen molar-refractivity contribution < 1.29 is 9.47 Å². The summed E-state index contributed by atoms with van der Waals surface area (Å²) in [6.07, 6.45) is 1.60. The number of benzene rings is 2. The molecule has 0 radical (unpaired) electrons. The topological polar surface area (TPSA) is 71.9 Å². The monoisotopic (exact) mass is 428 g/mol. The van der Waals surface area contributed by atoms with Crippen LogP contribution in [-0.2, 0) is 4.74 Å². The summed E-state index contributed by atoms with van der Waals surface area (Å²) >= 11 is 0. The van der Waals surface area contributed by atoms with E-state index in [2.05, 4.69) is 22.1 Å². The maximum Gasteiger partial charge on any atom is 0.280 e. The van der Waals surface area contributed by atoms with E-state index < -0.39 is 0 Å². The summed E-state index contributed by atoms with van der Waals surface area (Å²) in [5, 5.41) is 3.37. The standard InChI is InChI=1S/C25H24N4O3/c1-15-21(16-8-10-18(31-2)11-9-16)25(30)29-24(26-15)23(28-13-19-12-20(14-28)32-19)22(27-29)17-6-4-3-5-7-17/h3-11,19-20,27H,12-14H2,1-2H3. The molecule has 2 aromatic heterocycles. The highest BCUT2D eigenvalue weighted by Crippen LogP contribution is 2.38. The Balaban J connectivity index is 1.57. The first-order valence-corrected chi connectivity index (χ1v) is 10.9. The Hall–Kier alpha value is -3.58. The number of aromatic nitrogens is 3. The average molecular weight is 428 g/mol. The normalized spacial score (nSPS) is 19.8. The zero-order chi connectivity index (χ0) is 21.8. The second kappa shape index (κ2) is 7.24. The molecule has 3 aliphatic heterocycles. The van der Waals surface area contributed by atoms with Crippen LogP contribution in [0.5, 0.6) is 5.75 Å². The van der Waals surface area contributed by atoms with Crippen LogP contribution in [0.25, 0.3) is 28.0 Å². The van der Waals surface area contributed by atoms with Crippen molar-refractivity contribution >= 4 is 11.3 Å². The van der Waals surface area contributed by atoms with Crippen LogP contribution in [0.4, 0.5) is 5.69 Å². The van der Waals surface area contributed by atoms with E-state index in [4.69, 9.17) is 14.5 Å². The lowest BCUT2D eigenvalue weighted by atomic mass is 9.97. The lowest BCUT2D eigenvalue weighted by Gasteiger charge is -2.47. The number of hydrogen-bond acceptors (Lipinski definition) is 5. The van der Waals surface area contributed by atoms with Gasteiger partial charge < -0.3 is 14.4 Å². The second-order valence-corrected chi connectivity index (χ2v) is 8.49. The first-order valence-electron chi connectivity index (χ1n) is 10.9. The van der Waals surface area contributed by atoms with Gasteiger partial charge in [-0.25, -0.2) is 4.98 Å². The molecule has 7 rings (SSSR count). The number of nitrogens with zero attached hydrogens (tertiary/aromatic N) is 3. The molecule has 3 aliphatic rings. The maximum absolute atomic E-state index is 13.7. The van der Waals surface area contributed by atoms with Gasteiger partial charge in [0.2, 0.25) is 0 Å². The number of ether oxygens (including phenoxy) is 2. The molecule has 0 saturated carbocycles. The molecular weight excluding hydrogens is 404 g/mol. The molecule has 0 amide bonds. The third-order valence-electron chi connectivity index (χ3n) is 6.45. The molecule has 1 N–H and O–H groups in total. The van der Waals surface area contributed by atoms with Gasteiger partial charge >= 0.3 is 0 Å². The van der Waals surface area contributed by atoms with Gasteiger partial charge in [0, 0.05) is 25.1 Å². The van der Waals surface area contributed by atoms with Gasteiger partial charge in [0.05, 0.1) is 36.3 Å². The van der Waals surface area contributed by atoms with Crippen LogP contribution in [0.15, 0.2) is 59.4 Å². The molecule has 2 bridgehead atoms. The summed E-state index contributed by atoms with van der Waals surface area (Å²) in [6, 6.07) is 17.6. The molecule has 0 spiro atoms. The number of anilines is 1. The molecule has 7 heteroatoms. The SMILES string of the molecule is COc1ccc(-c2c(C)nc3c(N4CC5CC(C4)O5)c(-c4ccccc4)[nH]n3c2=O)cc1. The van der Waals surface area contributed by atoms with Crippen molar-refractivity contribution in [3.8, 4) is 28.1 Å². The number of fused-ring (bicyclic) bond motifs is 3. The number of aromatic amines is 1. The number of methoxy groups -OCH3 is 1. The molecular formula is C25H24N4O3. The predicted molar refractivity (Wildman–Crippen MR) is 123 cm³/mol. The van der Waals surface area contributed by atoms with Gasteiger partial charge in [-0.15, -0.1) is 0 Å². The minimum Gasteiger partial charge on any atom is -0.497 e. The van der Waals surface area contributed by atoms with Gasteiger partial charge in [0.1, 0.15) is 11.4 Å². The Labute approximate surface area is 185 Å². The Bertz CT molecular complexity index is 1340. The summed E-state index contributed by atoms with van der Waals surface area (Å²) in [5.74, 6) is 0.750. The smallest absolute Gasteiger partial charge is 0.280 e. The maximum atomic E-state index is 13.7. The first-order chi connectivity index (χ1) is 15.6. The summed E-state index contributed by atoms with van der Waals surface area (Å²) in [7, 11) is 1.63. The molecule has 2 aromatic carbocycles. The number of nitrogens with one attached hydrogen (secondary N) is 1. The van der Waals surface area contributed by atoms with Crippen LogP contribution in [0.1, 0.15) is 12.1 Å². The van der Waals surface area contributed by atoms with Crippen LogP contribution in [0, 0.1) is 6.92 Å². The highest BCUT2D eigenvalue weighted by molar-refractivity contribution is 5.87. The van der Waals surface area contributed by atoms with Crippen molar-refractivity contribution in [2.24, 2.45) is 0 Å². The molecule has 3 fully saturated rings. The molecule has 2 atom stereocenters.